The fraction of sp³-hybridized carbons (Fsp3) is 0.316. The van der Waals surface area contributed by atoms with Gasteiger partial charge in [-0.05, 0) is 55.3 Å². The molecule has 4 nitrogen and oxygen atoms in total. The Kier molecular flexibility index (Phi) is 6.03. The minimum absolute atomic E-state index is 0.0405. The average molecular weight is 312 g/mol. The third-order valence-electron chi connectivity index (χ3n) is 3.58. The number of carbonyl (C=O) groups excluding carboxylic acids is 1. The van der Waals surface area contributed by atoms with Gasteiger partial charge in [0.2, 0.25) is 0 Å². The monoisotopic (exact) mass is 312 g/mol. The number of ether oxygens (including phenoxy) is 1. The van der Waals surface area contributed by atoms with E-state index in [0.29, 0.717) is 18.7 Å². The molecule has 2 rings (SSSR count). The molecule has 0 aliphatic heterocycles. The topological polar surface area (TPSA) is 41.6 Å². The highest BCUT2D eigenvalue weighted by Gasteiger charge is 2.05. The van der Waals surface area contributed by atoms with E-state index in [2.05, 4.69) is 5.32 Å². The van der Waals surface area contributed by atoms with Crippen LogP contribution in [0.25, 0.3) is 0 Å². The Morgan fingerprint density at radius 3 is 2.26 bits per heavy atom. The van der Waals surface area contributed by atoms with Gasteiger partial charge in [0, 0.05) is 31.9 Å². The van der Waals surface area contributed by atoms with Crippen LogP contribution in [0.2, 0.25) is 0 Å². The van der Waals surface area contributed by atoms with Crippen molar-refractivity contribution in [2.75, 3.05) is 32.1 Å². The zero-order valence-electron chi connectivity index (χ0n) is 14.0. The lowest BCUT2D eigenvalue weighted by molar-refractivity contribution is 0.0954. The summed E-state index contributed by atoms with van der Waals surface area (Å²) in [5.41, 5.74) is 2.94. The number of benzene rings is 2. The first-order chi connectivity index (χ1) is 11.1. The molecule has 0 aromatic heterocycles. The van der Waals surface area contributed by atoms with Gasteiger partial charge in [-0.3, -0.25) is 4.79 Å². The van der Waals surface area contributed by atoms with Gasteiger partial charge in [-0.25, -0.2) is 0 Å². The highest BCUT2D eigenvalue weighted by molar-refractivity contribution is 5.94. The number of amides is 1. The lowest BCUT2D eigenvalue weighted by Crippen LogP contribution is -2.25. The van der Waals surface area contributed by atoms with E-state index >= 15 is 0 Å². The van der Waals surface area contributed by atoms with Crippen molar-refractivity contribution in [3.63, 3.8) is 0 Å². The molecule has 0 unspecified atom stereocenters. The molecule has 0 saturated heterocycles. The predicted octanol–water partition coefficient (Wildman–Crippen LogP) is 3.12. The molecule has 1 N–H and O–H groups in total. The van der Waals surface area contributed by atoms with Gasteiger partial charge in [0.1, 0.15) is 5.75 Å². The second kappa shape index (κ2) is 8.22. The third kappa shape index (κ3) is 5.02. The summed E-state index contributed by atoms with van der Waals surface area (Å²) >= 11 is 0. The number of hydrogen-bond donors (Lipinski definition) is 1. The van der Waals surface area contributed by atoms with E-state index in [-0.39, 0.29) is 5.91 Å². The van der Waals surface area contributed by atoms with E-state index < -0.39 is 0 Å². The van der Waals surface area contributed by atoms with E-state index in [9.17, 15) is 4.79 Å². The van der Waals surface area contributed by atoms with Crippen molar-refractivity contribution in [2.45, 2.75) is 13.3 Å². The zero-order valence-corrected chi connectivity index (χ0v) is 14.0. The molecule has 2 aromatic carbocycles. The first-order valence-electron chi connectivity index (χ1n) is 7.87. The van der Waals surface area contributed by atoms with E-state index in [4.69, 9.17) is 4.74 Å². The highest BCUT2D eigenvalue weighted by Crippen LogP contribution is 2.13. The molecule has 0 atom stereocenters. The van der Waals surface area contributed by atoms with Crippen molar-refractivity contribution in [3.8, 4) is 5.75 Å². The van der Waals surface area contributed by atoms with Gasteiger partial charge in [-0.15, -0.1) is 0 Å². The van der Waals surface area contributed by atoms with E-state index in [1.165, 1.54) is 5.56 Å². The summed E-state index contributed by atoms with van der Waals surface area (Å²) < 4.78 is 5.41. The lowest BCUT2D eigenvalue weighted by atomic mass is 10.1. The molecule has 2 aromatic rings. The maximum atomic E-state index is 12.1. The summed E-state index contributed by atoms with van der Waals surface area (Å²) in [4.78, 5) is 14.1. The van der Waals surface area contributed by atoms with E-state index in [1.807, 2.05) is 74.4 Å². The number of nitrogens with zero attached hydrogens (tertiary/aromatic N) is 1. The van der Waals surface area contributed by atoms with Gasteiger partial charge in [0.15, 0.2) is 0 Å². The summed E-state index contributed by atoms with van der Waals surface area (Å²) in [6.45, 7) is 3.25. The van der Waals surface area contributed by atoms with Crippen molar-refractivity contribution >= 4 is 11.6 Å². The smallest absolute Gasteiger partial charge is 0.251 e. The Morgan fingerprint density at radius 2 is 1.70 bits per heavy atom. The molecular weight excluding hydrogens is 288 g/mol. The summed E-state index contributed by atoms with van der Waals surface area (Å²) in [5.74, 6) is 0.836. The van der Waals surface area contributed by atoms with Crippen molar-refractivity contribution < 1.29 is 9.53 Å². The van der Waals surface area contributed by atoms with Gasteiger partial charge in [-0.1, -0.05) is 12.1 Å². The summed E-state index contributed by atoms with van der Waals surface area (Å²) in [5, 5.41) is 2.95. The predicted molar refractivity (Wildman–Crippen MR) is 94.4 cm³/mol. The van der Waals surface area contributed by atoms with Crippen LogP contribution in [0.1, 0.15) is 22.8 Å². The zero-order chi connectivity index (χ0) is 16.7. The molecule has 0 aliphatic carbocycles. The number of carbonyl (C=O) groups is 1. The molecule has 1 amide bonds. The second-order valence-corrected chi connectivity index (χ2v) is 5.52. The number of nitrogens with one attached hydrogen (secondary N) is 1. The molecule has 0 fully saturated rings. The Morgan fingerprint density at radius 1 is 1.04 bits per heavy atom. The van der Waals surface area contributed by atoms with Crippen LogP contribution in [0.3, 0.4) is 0 Å². The quantitative estimate of drug-likeness (QED) is 0.854. The van der Waals surface area contributed by atoms with E-state index in [1.54, 1.807) is 0 Å². The molecular formula is C19H24N2O2. The molecule has 0 saturated carbocycles. The van der Waals surface area contributed by atoms with Crippen LogP contribution in [-0.2, 0) is 6.42 Å². The molecule has 0 bridgehead atoms. The molecule has 0 aliphatic rings. The Labute approximate surface area is 138 Å². The van der Waals surface area contributed by atoms with Gasteiger partial charge in [-0.2, -0.15) is 0 Å². The average Bonchev–Trinajstić information content (AvgIpc) is 2.56. The maximum absolute atomic E-state index is 12.1. The fourth-order valence-electron chi connectivity index (χ4n) is 2.25. The summed E-state index contributed by atoms with van der Waals surface area (Å²) in [6.07, 6.45) is 0.800. The van der Waals surface area contributed by atoms with Crippen molar-refractivity contribution in [2.24, 2.45) is 0 Å². The Hall–Kier alpha value is -2.49. The van der Waals surface area contributed by atoms with Gasteiger partial charge < -0.3 is 15.0 Å². The largest absolute Gasteiger partial charge is 0.494 e. The van der Waals surface area contributed by atoms with Crippen molar-refractivity contribution in [1.29, 1.82) is 0 Å². The molecule has 0 spiro atoms. The Bertz CT molecular complexity index is 619. The van der Waals surface area contributed by atoms with Crippen LogP contribution < -0.4 is 15.0 Å². The van der Waals surface area contributed by atoms with Gasteiger partial charge in [0.25, 0.3) is 5.91 Å². The number of anilines is 1. The Balaban J connectivity index is 1.82. The van der Waals surface area contributed by atoms with Crippen molar-refractivity contribution in [3.05, 3.63) is 59.7 Å². The van der Waals surface area contributed by atoms with Crippen LogP contribution in [0.4, 0.5) is 5.69 Å². The highest BCUT2D eigenvalue weighted by atomic mass is 16.5. The fourth-order valence-corrected chi connectivity index (χ4v) is 2.25. The SMILES string of the molecule is CCOc1ccc(CCNC(=O)c2ccc(N(C)C)cc2)cc1. The third-order valence-corrected chi connectivity index (χ3v) is 3.58. The van der Waals surface area contributed by atoms with Crippen molar-refractivity contribution in [1.82, 2.24) is 5.32 Å². The van der Waals surface area contributed by atoms with Crippen LogP contribution in [0.5, 0.6) is 5.75 Å². The number of rotatable bonds is 7. The summed E-state index contributed by atoms with van der Waals surface area (Å²) in [7, 11) is 3.96. The first-order valence-corrected chi connectivity index (χ1v) is 7.87. The van der Waals surface area contributed by atoms with E-state index in [0.717, 1.165) is 17.9 Å². The number of hydrogen-bond acceptors (Lipinski definition) is 3. The van der Waals surface area contributed by atoms with Crippen LogP contribution >= 0.6 is 0 Å². The molecule has 4 heteroatoms. The van der Waals surface area contributed by atoms with Crippen LogP contribution in [-0.4, -0.2) is 33.2 Å². The minimum Gasteiger partial charge on any atom is -0.494 e. The standard InChI is InChI=1S/C19H24N2O2/c1-4-23-18-11-5-15(6-12-18)13-14-20-19(22)16-7-9-17(10-8-16)21(2)3/h5-12H,4,13-14H2,1-3H3,(H,20,22). The van der Waals surface area contributed by atoms with Gasteiger partial charge in [0.05, 0.1) is 6.61 Å². The molecule has 122 valence electrons. The molecule has 23 heavy (non-hydrogen) atoms. The maximum Gasteiger partial charge on any atom is 0.251 e. The second-order valence-electron chi connectivity index (χ2n) is 5.52. The van der Waals surface area contributed by atoms with Gasteiger partial charge >= 0.3 is 0 Å². The molecule has 0 radical (unpaired) electrons. The lowest BCUT2D eigenvalue weighted by Gasteiger charge is -2.12. The normalized spacial score (nSPS) is 10.2. The van der Waals surface area contributed by atoms with Crippen LogP contribution in [0, 0.1) is 0 Å². The first kappa shape index (κ1) is 16.9. The summed E-state index contributed by atoms with van der Waals surface area (Å²) in [6, 6.07) is 15.6. The minimum atomic E-state index is -0.0405. The molecule has 0 heterocycles. The van der Waals surface area contributed by atoms with Crippen LogP contribution in [0.15, 0.2) is 48.5 Å².